The number of amides is 4. The lowest BCUT2D eigenvalue weighted by atomic mass is 9.98. The summed E-state index contributed by atoms with van der Waals surface area (Å²) in [7, 11) is 0. The second-order valence-corrected chi connectivity index (χ2v) is 6.14. The molecule has 1 aromatic carbocycles. The van der Waals surface area contributed by atoms with Crippen molar-refractivity contribution >= 4 is 23.5 Å². The molecule has 7 heteroatoms. The number of carbonyl (C=O) groups excluding carboxylic acids is 3. The van der Waals surface area contributed by atoms with Gasteiger partial charge >= 0.3 is 6.03 Å². The maximum Gasteiger partial charge on any atom is 0.325 e. The second-order valence-electron chi connectivity index (χ2n) is 6.14. The van der Waals surface area contributed by atoms with Crippen LogP contribution in [0.3, 0.4) is 0 Å². The first-order valence-electron chi connectivity index (χ1n) is 7.61. The van der Waals surface area contributed by atoms with Crippen molar-refractivity contribution in [3.8, 4) is 0 Å². The minimum atomic E-state index is -0.841. The van der Waals surface area contributed by atoms with Gasteiger partial charge in [-0.3, -0.25) is 14.5 Å². The zero-order chi connectivity index (χ0) is 16.6. The molecule has 2 fully saturated rings. The van der Waals surface area contributed by atoms with Gasteiger partial charge in [-0.05, 0) is 37.5 Å². The molecule has 2 N–H and O–H groups in total. The van der Waals surface area contributed by atoms with Gasteiger partial charge in [-0.1, -0.05) is 18.9 Å². The van der Waals surface area contributed by atoms with Crippen molar-refractivity contribution in [1.29, 1.82) is 0 Å². The summed E-state index contributed by atoms with van der Waals surface area (Å²) in [5.74, 6) is -1.53. The van der Waals surface area contributed by atoms with Crippen molar-refractivity contribution in [2.45, 2.75) is 38.1 Å². The maximum atomic E-state index is 13.7. The Kier molecular flexibility index (Phi) is 3.79. The molecule has 0 radical (unpaired) electrons. The van der Waals surface area contributed by atoms with Gasteiger partial charge in [0.25, 0.3) is 5.91 Å². The quantitative estimate of drug-likeness (QED) is 0.836. The summed E-state index contributed by atoms with van der Waals surface area (Å²) >= 11 is 0. The Hall–Kier alpha value is -2.44. The minimum absolute atomic E-state index is 0.0395. The zero-order valence-electron chi connectivity index (χ0n) is 12.8. The molecule has 1 heterocycles. The van der Waals surface area contributed by atoms with Gasteiger partial charge in [0.05, 0.1) is 5.69 Å². The van der Waals surface area contributed by atoms with Crippen molar-refractivity contribution in [3.63, 3.8) is 0 Å². The highest BCUT2D eigenvalue weighted by Crippen LogP contribution is 2.34. The largest absolute Gasteiger partial charge is 0.325 e. The first kappa shape index (κ1) is 15.5. The molecule has 23 heavy (non-hydrogen) atoms. The lowest BCUT2D eigenvalue weighted by molar-refractivity contribution is -0.133. The number of aryl methyl sites for hydroxylation is 1. The lowest BCUT2D eigenvalue weighted by Gasteiger charge is -2.19. The molecule has 1 aliphatic carbocycles. The van der Waals surface area contributed by atoms with Crippen LogP contribution >= 0.6 is 0 Å². The van der Waals surface area contributed by atoms with E-state index in [1.165, 1.54) is 12.1 Å². The number of nitrogens with zero attached hydrogens (tertiary/aromatic N) is 1. The Morgan fingerprint density at radius 2 is 2.04 bits per heavy atom. The number of anilines is 1. The van der Waals surface area contributed by atoms with Gasteiger partial charge in [0.1, 0.15) is 17.9 Å². The Bertz CT molecular complexity index is 683. The van der Waals surface area contributed by atoms with Gasteiger partial charge in [0.2, 0.25) is 5.91 Å². The number of rotatable bonds is 3. The fourth-order valence-electron chi connectivity index (χ4n) is 3.21. The first-order valence-corrected chi connectivity index (χ1v) is 7.61. The van der Waals surface area contributed by atoms with Crippen LogP contribution in [-0.2, 0) is 9.59 Å². The van der Waals surface area contributed by atoms with Crippen LogP contribution in [0.5, 0.6) is 0 Å². The third kappa shape index (κ3) is 2.78. The molecule has 122 valence electrons. The highest BCUT2D eigenvalue weighted by molar-refractivity contribution is 6.10. The van der Waals surface area contributed by atoms with Crippen LogP contribution in [-0.4, -0.2) is 34.8 Å². The molecule has 1 aliphatic heterocycles. The van der Waals surface area contributed by atoms with Crippen molar-refractivity contribution in [1.82, 2.24) is 10.2 Å². The van der Waals surface area contributed by atoms with E-state index in [0.29, 0.717) is 12.8 Å². The molecule has 1 aromatic rings. The van der Waals surface area contributed by atoms with E-state index in [2.05, 4.69) is 10.6 Å². The standard InChI is InChI=1S/C16H18FN3O3/c1-10-4-5-11(17)12(8-10)18-13(21)9-20-14(22)16(19-15(20)23)6-2-3-7-16/h4-5,8H,2-3,6-7,9H2,1H3,(H,18,21)(H,19,23). The summed E-state index contributed by atoms with van der Waals surface area (Å²) in [5, 5.41) is 5.11. The molecule has 3 rings (SSSR count). The third-order valence-electron chi connectivity index (χ3n) is 4.40. The number of benzene rings is 1. The predicted octanol–water partition coefficient (Wildman–Crippen LogP) is 1.94. The number of nitrogens with one attached hydrogen (secondary N) is 2. The Morgan fingerprint density at radius 1 is 1.35 bits per heavy atom. The SMILES string of the molecule is Cc1ccc(F)c(NC(=O)CN2C(=O)NC3(CCCC3)C2=O)c1. The summed E-state index contributed by atoms with van der Waals surface area (Å²) in [6.07, 6.45) is 2.95. The molecule has 0 bridgehead atoms. The highest BCUT2D eigenvalue weighted by atomic mass is 19.1. The van der Waals surface area contributed by atoms with Crippen molar-refractivity contribution in [2.75, 3.05) is 11.9 Å². The average Bonchev–Trinajstić information content (AvgIpc) is 3.05. The van der Waals surface area contributed by atoms with Crippen LogP contribution in [0.15, 0.2) is 18.2 Å². The highest BCUT2D eigenvalue weighted by Gasteiger charge is 2.52. The van der Waals surface area contributed by atoms with Gasteiger partial charge in [-0.25, -0.2) is 9.18 Å². The van der Waals surface area contributed by atoms with Crippen molar-refractivity contribution < 1.29 is 18.8 Å². The summed E-state index contributed by atoms with van der Waals surface area (Å²) in [6.45, 7) is 1.36. The van der Waals surface area contributed by atoms with Crippen molar-refractivity contribution in [2.24, 2.45) is 0 Å². The van der Waals surface area contributed by atoms with Crippen LogP contribution < -0.4 is 10.6 Å². The van der Waals surface area contributed by atoms with E-state index in [4.69, 9.17) is 0 Å². The first-order chi connectivity index (χ1) is 10.9. The molecule has 4 amide bonds. The number of imide groups is 1. The molecule has 1 saturated heterocycles. The van der Waals surface area contributed by atoms with E-state index >= 15 is 0 Å². The number of urea groups is 1. The topological polar surface area (TPSA) is 78.5 Å². The molecular weight excluding hydrogens is 301 g/mol. The molecule has 2 aliphatic rings. The van der Waals surface area contributed by atoms with Gasteiger partial charge in [0.15, 0.2) is 0 Å². The number of halogens is 1. The fourth-order valence-corrected chi connectivity index (χ4v) is 3.21. The normalized spacial score (nSPS) is 19.3. The summed E-state index contributed by atoms with van der Waals surface area (Å²) in [4.78, 5) is 37.4. The van der Waals surface area contributed by atoms with E-state index in [1.807, 2.05) is 0 Å². The van der Waals surface area contributed by atoms with Crippen LogP contribution in [0.2, 0.25) is 0 Å². The van der Waals surface area contributed by atoms with Gasteiger partial charge in [-0.2, -0.15) is 0 Å². The van der Waals surface area contributed by atoms with Crippen LogP contribution in [0, 0.1) is 12.7 Å². The third-order valence-corrected chi connectivity index (χ3v) is 4.40. The number of carbonyl (C=O) groups is 3. The maximum absolute atomic E-state index is 13.7. The van der Waals surface area contributed by atoms with Crippen LogP contribution in [0.4, 0.5) is 14.9 Å². The molecular formula is C16H18FN3O3. The molecule has 0 unspecified atom stereocenters. The summed E-state index contributed by atoms with van der Waals surface area (Å²) in [6, 6.07) is 3.78. The number of hydrogen-bond acceptors (Lipinski definition) is 3. The Labute approximate surface area is 133 Å². The fraction of sp³-hybridized carbons (Fsp3) is 0.438. The number of hydrogen-bond donors (Lipinski definition) is 2. The molecule has 6 nitrogen and oxygen atoms in total. The molecule has 0 atom stereocenters. The van der Waals surface area contributed by atoms with E-state index in [9.17, 15) is 18.8 Å². The second kappa shape index (κ2) is 5.64. The minimum Gasteiger partial charge on any atom is -0.323 e. The Morgan fingerprint density at radius 3 is 2.74 bits per heavy atom. The predicted molar refractivity (Wildman–Crippen MR) is 81.2 cm³/mol. The van der Waals surface area contributed by atoms with E-state index in [0.717, 1.165) is 23.3 Å². The molecule has 1 saturated carbocycles. The van der Waals surface area contributed by atoms with Gasteiger partial charge in [-0.15, -0.1) is 0 Å². The van der Waals surface area contributed by atoms with Gasteiger partial charge < -0.3 is 10.6 Å². The van der Waals surface area contributed by atoms with E-state index < -0.39 is 29.8 Å². The summed E-state index contributed by atoms with van der Waals surface area (Å²) in [5.41, 5.74) is -0.00870. The zero-order valence-corrected chi connectivity index (χ0v) is 12.8. The molecule has 0 aromatic heterocycles. The van der Waals surface area contributed by atoms with Crippen molar-refractivity contribution in [3.05, 3.63) is 29.6 Å². The van der Waals surface area contributed by atoms with Crippen LogP contribution in [0.25, 0.3) is 0 Å². The summed E-state index contributed by atoms with van der Waals surface area (Å²) < 4.78 is 13.7. The smallest absolute Gasteiger partial charge is 0.323 e. The Balaban J connectivity index is 1.69. The van der Waals surface area contributed by atoms with E-state index in [1.54, 1.807) is 13.0 Å². The molecule has 1 spiro atoms. The monoisotopic (exact) mass is 319 g/mol. The van der Waals surface area contributed by atoms with Gasteiger partial charge in [0, 0.05) is 0 Å². The van der Waals surface area contributed by atoms with Crippen LogP contribution in [0.1, 0.15) is 31.2 Å². The average molecular weight is 319 g/mol. The van der Waals surface area contributed by atoms with E-state index in [-0.39, 0.29) is 11.6 Å². The lowest BCUT2D eigenvalue weighted by Crippen LogP contribution is -2.44.